The van der Waals surface area contributed by atoms with E-state index >= 15 is 0 Å². The molecule has 1 aromatic heterocycles. The van der Waals surface area contributed by atoms with E-state index in [-0.39, 0.29) is 16.3 Å². The Bertz CT molecular complexity index is 888. The number of primary sulfonamides is 1. The number of aromatic nitrogens is 2. The SMILES string of the molecule is NS(=O)(=O)c1ccccc1-n1nc(C(F)F)cc1C1=CCCCC1. The molecule has 0 saturated carbocycles. The average Bonchev–Trinajstić information content (AvgIpc) is 3.00. The van der Waals surface area contributed by atoms with Crippen LogP contribution in [0.25, 0.3) is 11.3 Å². The number of nitrogens with two attached hydrogens (primary N) is 1. The van der Waals surface area contributed by atoms with Gasteiger partial charge < -0.3 is 0 Å². The third-order valence-electron chi connectivity index (χ3n) is 3.97. The molecule has 5 nitrogen and oxygen atoms in total. The minimum absolute atomic E-state index is 0.147. The zero-order valence-corrected chi connectivity index (χ0v) is 13.6. The van der Waals surface area contributed by atoms with Crippen LogP contribution in [0.2, 0.25) is 0 Å². The summed E-state index contributed by atoms with van der Waals surface area (Å²) < 4.78 is 51.2. The number of sulfonamides is 1. The molecule has 0 atom stereocenters. The lowest BCUT2D eigenvalue weighted by Gasteiger charge is -2.16. The molecule has 0 radical (unpaired) electrons. The van der Waals surface area contributed by atoms with Crippen molar-refractivity contribution in [2.75, 3.05) is 0 Å². The molecule has 1 aliphatic carbocycles. The van der Waals surface area contributed by atoms with Crippen molar-refractivity contribution in [3.63, 3.8) is 0 Å². The van der Waals surface area contributed by atoms with Crippen LogP contribution in [0.4, 0.5) is 8.78 Å². The summed E-state index contributed by atoms with van der Waals surface area (Å²) in [5.74, 6) is 0. The number of nitrogens with zero attached hydrogens (tertiary/aromatic N) is 2. The van der Waals surface area contributed by atoms with Crippen LogP contribution in [0.15, 0.2) is 41.3 Å². The van der Waals surface area contributed by atoms with Crippen molar-refractivity contribution >= 4 is 15.6 Å². The summed E-state index contributed by atoms with van der Waals surface area (Å²) in [6, 6.07) is 7.32. The molecule has 1 heterocycles. The van der Waals surface area contributed by atoms with Crippen LogP contribution in [-0.4, -0.2) is 18.2 Å². The Hall–Kier alpha value is -2.06. The normalized spacial score (nSPS) is 15.6. The Morgan fingerprint density at radius 3 is 2.58 bits per heavy atom. The Kier molecular flexibility index (Phi) is 4.51. The number of hydrogen-bond donors (Lipinski definition) is 1. The minimum atomic E-state index is -4.01. The highest BCUT2D eigenvalue weighted by molar-refractivity contribution is 7.89. The van der Waals surface area contributed by atoms with Gasteiger partial charge in [-0.1, -0.05) is 18.2 Å². The van der Waals surface area contributed by atoms with E-state index in [9.17, 15) is 17.2 Å². The highest BCUT2D eigenvalue weighted by atomic mass is 32.2. The predicted octanol–water partition coefficient (Wildman–Crippen LogP) is 3.41. The molecule has 8 heteroatoms. The number of para-hydroxylation sites is 1. The zero-order valence-electron chi connectivity index (χ0n) is 12.8. The fourth-order valence-corrected chi connectivity index (χ4v) is 3.58. The van der Waals surface area contributed by atoms with E-state index in [0.29, 0.717) is 5.69 Å². The molecule has 24 heavy (non-hydrogen) atoms. The van der Waals surface area contributed by atoms with E-state index in [1.807, 2.05) is 6.08 Å². The van der Waals surface area contributed by atoms with Crippen molar-refractivity contribution in [2.24, 2.45) is 5.14 Å². The largest absolute Gasteiger partial charge is 0.282 e. The summed E-state index contributed by atoms with van der Waals surface area (Å²) >= 11 is 0. The average molecular weight is 353 g/mol. The van der Waals surface area contributed by atoms with Gasteiger partial charge in [-0.3, -0.25) is 0 Å². The van der Waals surface area contributed by atoms with Gasteiger partial charge in [0.15, 0.2) is 0 Å². The van der Waals surface area contributed by atoms with E-state index in [2.05, 4.69) is 5.10 Å². The number of allylic oxidation sites excluding steroid dienone is 2. The van der Waals surface area contributed by atoms with Crippen molar-refractivity contribution in [3.05, 3.63) is 47.8 Å². The molecule has 0 fully saturated rings. The molecule has 0 amide bonds. The predicted molar refractivity (Wildman–Crippen MR) is 86.3 cm³/mol. The standard InChI is InChI=1S/C16H17F2N3O2S/c17-16(18)12-10-14(11-6-2-1-3-7-11)21(20-12)13-8-4-5-9-15(13)24(19,22)23/h4-6,8-10,16H,1-3,7H2,(H2,19,22,23). The van der Waals surface area contributed by atoms with Gasteiger partial charge in [0.1, 0.15) is 10.6 Å². The summed E-state index contributed by atoms with van der Waals surface area (Å²) in [7, 11) is -4.01. The molecular formula is C16H17F2N3O2S. The Labute approximate surface area is 138 Å². The maximum absolute atomic E-state index is 13.1. The lowest BCUT2D eigenvalue weighted by atomic mass is 9.97. The van der Waals surface area contributed by atoms with Gasteiger partial charge in [-0.05, 0) is 49.5 Å². The van der Waals surface area contributed by atoms with Crippen LogP contribution in [0.3, 0.4) is 0 Å². The first-order valence-corrected chi connectivity index (χ1v) is 9.12. The number of halogens is 2. The molecule has 0 aliphatic heterocycles. The van der Waals surface area contributed by atoms with Crippen LogP contribution < -0.4 is 5.14 Å². The molecule has 0 spiro atoms. The van der Waals surface area contributed by atoms with Gasteiger partial charge in [-0.2, -0.15) is 5.10 Å². The molecular weight excluding hydrogens is 336 g/mol. The fraction of sp³-hybridized carbons (Fsp3) is 0.312. The number of rotatable bonds is 4. The van der Waals surface area contributed by atoms with Gasteiger partial charge in [0.2, 0.25) is 10.0 Å². The Balaban J connectivity index is 2.23. The second kappa shape index (κ2) is 6.45. The van der Waals surface area contributed by atoms with Crippen LogP contribution >= 0.6 is 0 Å². The van der Waals surface area contributed by atoms with Gasteiger partial charge in [0.05, 0.1) is 11.4 Å². The maximum Gasteiger partial charge on any atom is 0.282 e. The van der Waals surface area contributed by atoms with Crippen molar-refractivity contribution in [1.82, 2.24) is 9.78 Å². The minimum Gasteiger partial charge on any atom is -0.232 e. The van der Waals surface area contributed by atoms with Crippen LogP contribution in [0.5, 0.6) is 0 Å². The third kappa shape index (κ3) is 3.25. The molecule has 3 rings (SSSR count). The smallest absolute Gasteiger partial charge is 0.232 e. The number of alkyl halides is 2. The van der Waals surface area contributed by atoms with E-state index in [1.54, 1.807) is 6.07 Å². The number of hydrogen-bond acceptors (Lipinski definition) is 3. The Morgan fingerprint density at radius 1 is 1.21 bits per heavy atom. The van der Waals surface area contributed by atoms with Crippen molar-refractivity contribution in [2.45, 2.75) is 37.0 Å². The summed E-state index contributed by atoms with van der Waals surface area (Å²) in [6.07, 6.45) is 2.86. The van der Waals surface area contributed by atoms with Crippen LogP contribution in [-0.2, 0) is 10.0 Å². The van der Waals surface area contributed by atoms with E-state index in [0.717, 1.165) is 31.3 Å². The molecule has 0 bridgehead atoms. The first kappa shape index (κ1) is 16.8. The highest BCUT2D eigenvalue weighted by Crippen LogP contribution is 2.32. The molecule has 1 aliphatic rings. The van der Waals surface area contributed by atoms with E-state index in [4.69, 9.17) is 5.14 Å². The molecule has 128 valence electrons. The Morgan fingerprint density at radius 2 is 1.96 bits per heavy atom. The monoisotopic (exact) mass is 353 g/mol. The third-order valence-corrected chi connectivity index (χ3v) is 4.93. The van der Waals surface area contributed by atoms with Gasteiger partial charge in [0, 0.05) is 0 Å². The maximum atomic E-state index is 13.1. The summed E-state index contributed by atoms with van der Waals surface area (Å²) in [6.45, 7) is 0. The molecule has 0 saturated heterocycles. The van der Waals surface area contributed by atoms with E-state index in [1.165, 1.54) is 28.9 Å². The summed E-state index contributed by atoms with van der Waals surface area (Å²) in [5.41, 5.74) is 1.17. The zero-order chi connectivity index (χ0) is 17.3. The van der Waals surface area contributed by atoms with Crippen LogP contribution in [0, 0.1) is 0 Å². The van der Waals surface area contributed by atoms with E-state index < -0.39 is 16.4 Å². The van der Waals surface area contributed by atoms with Crippen molar-refractivity contribution in [3.8, 4) is 5.69 Å². The lowest BCUT2D eigenvalue weighted by Crippen LogP contribution is -2.16. The second-order valence-corrected chi connectivity index (χ2v) is 7.18. The summed E-state index contributed by atoms with van der Waals surface area (Å²) in [4.78, 5) is -0.147. The van der Waals surface area contributed by atoms with Crippen molar-refractivity contribution in [1.29, 1.82) is 0 Å². The number of benzene rings is 1. The van der Waals surface area contributed by atoms with Crippen LogP contribution in [0.1, 0.15) is 43.5 Å². The molecule has 2 aromatic rings. The van der Waals surface area contributed by atoms with Gasteiger partial charge in [-0.25, -0.2) is 27.0 Å². The van der Waals surface area contributed by atoms with Gasteiger partial charge in [0.25, 0.3) is 6.43 Å². The first-order valence-electron chi connectivity index (χ1n) is 7.57. The molecule has 0 unspecified atom stereocenters. The summed E-state index contributed by atoms with van der Waals surface area (Å²) in [5, 5.41) is 9.19. The first-order chi connectivity index (χ1) is 11.4. The topological polar surface area (TPSA) is 78.0 Å². The van der Waals surface area contributed by atoms with Crippen molar-refractivity contribution < 1.29 is 17.2 Å². The van der Waals surface area contributed by atoms with Gasteiger partial charge >= 0.3 is 0 Å². The second-order valence-electron chi connectivity index (χ2n) is 5.65. The van der Waals surface area contributed by atoms with Gasteiger partial charge in [-0.15, -0.1) is 0 Å². The molecule has 2 N–H and O–H groups in total. The quantitative estimate of drug-likeness (QED) is 0.915. The highest BCUT2D eigenvalue weighted by Gasteiger charge is 2.23. The fourth-order valence-electron chi connectivity index (χ4n) is 2.86. The molecule has 1 aromatic carbocycles. The lowest BCUT2D eigenvalue weighted by molar-refractivity contribution is 0.145.